The molecule has 230 valence electrons. The van der Waals surface area contributed by atoms with Crippen LogP contribution in [0.4, 0.5) is 9.59 Å². The number of nitrogens with two attached hydrogens (primary N) is 1. The second kappa shape index (κ2) is 18.0. The first-order valence-corrected chi connectivity index (χ1v) is 15.5. The predicted molar refractivity (Wildman–Crippen MR) is 144 cm³/mol. The first-order valence-electron chi connectivity index (χ1n) is 14.0. The molecule has 0 aromatic carbocycles. The molecule has 0 aliphatic heterocycles. The van der Waals surface area contributed by atoms with Crippen LogP contribution in [-0.4, -0.2) is 86.0 Å². The van der Waals surface area contributed by atoms with Gasteiger partial charge in [0.05, 0.1) is 13.2 Å². The molecular formula is C25H44N3O11P. The molecule has 2 saturated carbocycles. The first-order chi connectivity index (χ1) is 19.1. The molecule has 2 aliphatic rings. The van der Waals surface area contributed by atoms with E-state index in [1.165, 1.54) is 7.05 Å². The molecule has 0 spiro atoms. The van der Waals surface area contributed by atoms with Crippen molar-refractivity contribution in [3.05, 3.63) is 0 Å². The van der Waals surface area contributed by atoms with Crippen molar-refractivity contribution in [1.82, 2.24) is 4.90 Å². The van der Waals surface area contributed by atoms with Crippen LogP contribution < -0.4 is 5.73 Å². The molecule has 0 heterocycles. The number of hydrogen-bond donors (Lipinski definition) is 2. The fraction of sp³-hybridized carbons (Fsp3) is 0.840. The highest BCUT2D eigenvalue weighted by molar-refractivity contribution is 7.52. The van der Waals surface area contributed by atoms with E-state index in [2.05, 4.69) is 4.76 Å². The van der Waals surface area contributed by atoms with E-state index in [0.29, 0.717) is 6.42 Å². The molecule has 0 aromatic rings. The Hall–Kier alpha value is -2.57. The highest BCUT2D eigenvalue weighted by atomic mass is 31.2. The number of hydrogen-bond acceptors (Lipinski definition) is 10. The van der Waals surface area contributed by atoms with Gasteiger partial charge in [0.25, 0.3) is 0 Å². The van der Waals surface area contributed by atoms with E-state index in [1.54, 1.807) is 0 Å². The molecule has 0 bridgehead atoms. The van der Waals surface area contributed by atoms with Crippen molar-refractivity contribution >= 4 is 32.0 Å². The fourth-order valence-corrected chi connectivity index (χ4v) is 5.66. The summed E-state index contributed by atoms with van der Waals surface area (Å²) >= 11 is 0. The normalized spacial score (nSPS) is 18.0. The van der Waals surface area contributed by atoms with Crippen LogP contribution in [0.5, 0.6) is 0 Å². The number of aliphatic carboxylic acids is 1. The molecule has 0 saturated heterocycles. The average molecular weight is 594 g/mol. The molecule has 2 aliphatic carbocycles. The van der Waals surface area contributed by atoms with Crippen LogP contribution in [0.2, 0.25) is 0 Å². The standard InChI is InChI=1S/C25H44N3O11P/c1-3-10-21(22(29)30)28(2)23(26)27-40(33,36-17-15-34-24(31)38-19-11-6-4-7-12-19)37-18-16-35-25(32)39-20-13-8-5-9-14-20/h19-21H,3-18H2,1-2H3,(H,29,30)(H2,26,27,33). The average Bonchev–Trinajstić information content (AvgIpc) is 2.93. The Bertz CT molecular complexity index is 832. The highest BCUT2D eigenvalue weighted by Crippen LogP contribution is 2.50. The van der Waals surface area contributed by atoms with Gasteiger partial charge in [0.15, 0.2) is 0 Å². The van der Waals surface area contributed by atoms with Crippen LogP contribution in [0.1, 0.15) is 84.0 Å². The van der Waals surface area contributed by atoms with Gasteiger partial charge in [-0.15, -0.1) is 4.76 Å². The Kier molecular flexibility index (Phi) is 15.1. The van der Waals surface area contributed by atoms with Crippen molar-refractivity contribution in [2.24, 2.45) is 10.5 Å². The first kappa shape index (κ1) is 33.6. The number of nitrogens with zero attached hydrogens (tertiary/aromatic N) is 2. The minimum atomic E-state index is -4.34. The number of likely N-dealkylation sites (N-methyl/N-ethyl adjacent to an activating group) is 1. The van der Waals surface area contributed by atoms with Crippen molar-refractivity contribution < 1.29 is 52.1 Å². The van der Waals surface area contributed by atoms with Crippen molar-refractivity contribution in [3.63, 3.8) is 0 Å². The fourth-order valence-electron chi connectivity index (χ4n) is 4.47. The third-order valence-corrected chi connectivity index (χ3v) is 8.11. The number of rotatable bonds is 15. The van der Waals surface area contributed by atoms with E-state index in [4.69, 9.17) is 33.7 Å². The van der Waals surface area contributed by atoms with Gasteiger partial charge < -0.3 is 34.7 Å². The minimum absolute atomic E-state index is 0.188. The number of carboxylic acids is 1. The van der Waals surface area contributed by atoms with Crippen LogP contribution in [0, 0.1) is 0 Å². The lowest BCUT2D eigenvalue weighted by Gasteiger charge is -2.26. The van der Waals surface area contributed by atoms with E-state index in [0.717, 1.165) is 69.1 Å². The summed E-state index contributed by atoms with van der Waals surface area (Å²) in [6.45, 7) is 0.454. The van der Waals surface area contributed by atoms with Gasteiger partial charge in [-0.05, 0) is 57.8 Å². The summed E-state index contributed by atoms with van der Waals surface area (Å²) in [5.41, 5.74) is 5.96. The Morgan fingerprint density at radius 3 is 1.73 bits per heavy atom. The van der Waals surface area contributed by atoms with E-state index < -0.39 is 32.1 Å². The smallest absolute Gasteiger partial charge is 0.480 e. The molecule has 0 radical (unpaired) electrons. The summed E-state index contributed by atoms with van der Waals surface area (Å²) in [5.74, 6) is -1.52. The summed E-state index contributed by atoms with van der Waals surface area (Å²) in [6.07, 6.45) is 8.00. The minimum Gasteiger partial charge on any atom is -0.480 e. The molecule has 15 heteroatoms. The number of ether oxygens (including phenoxy) is 4. The molecule has 0 aromatic heterocycles. The van der Waals surface area contributed by atoms with E-state index in [9.17, 15) is 24.1 Å². The van der Waals surface area contributed by atoms with Crippen LogP contribution in [0.3, 0.4) is 0 Å². The number of carbonyl (C=O) groups excluding carboxylic acids is 2. The van der Waals surface area contributed by atoms with Gasteiger partial charge in [0, 0.05) is 7.05 Å². The van der Waals surface area contributed by atoms with Gasteiger partial charge in [-0.3, -0.25) is 9.05 Å². The molecule has 1 unspecified atom stereocenters. The lowest BCUT2D eigenvalue weighted by molar-refractivity contribution is -0.141. The van der Waals surface area contributed by atoms with Crippen molar-refractivity contribution in [2.75, 3.05) is 33.5 Å². The highest BCUT2D eigenvalue weighted by Gasteiger charge is 2.30. The van der Waals surface area contributed by atoms with Crippen LogP contribution in [0.25, 0.3) is 0 Å². The number of guanidine groups is 1. The maximum Gasteiger partial charge on any atom is 0.508 e. The van der Waals surface area contributed by atoms with E-state index >= 15 is 0 Å². The van der Waals surface area contributed by atoms with Crippen molar-refractivity contribution in [1.29, 1.82) is 0 Å². The predicted octanol–water partition coefficient (Wildman–Crippen LogP) is 4.60. The van der Waals surface area contributed by atoms with Crippen molar-refractivity contribution in [3.8, 4) is 0 Å². The summed E-state index contributed by atoms with van der Waals surface area (Å²) in [6, 6.07) is -1.02. The Morgan fingerprint density at radius 2 is 1.32 bits per heavy atom. The Labute approximate surface area is 235 Å². The molecule has 14 nitrogen and oxygen atoms in total. The molecular weight excluding hydrogens is 549 g/mol. The SMILES string of the molecule is CCCC(C(=O)O)N(C)C(N)=NP(=O)(OCCOC(=O)OC1CCCCC1)OCCOC(=O)OC1CCCCC1. The topological polar surface area (TPSA) is 186 Å². The molecule has 40 heavy (non-hydrogen) atoms. The van der Waals surface area contributed by atoms with Crippen LogP contribution >= 0.6 is 7.75 Å². The number of carbonyl (C=O) groups is 3. The second-order valence-corrected chi connectivity index (χ2v) is 11.5. The molecule has 2 fully saturated rings. The largest absolute Gasteiger partial charge is 0.508 e. The van der Waals surface area contributed by atoms with Gasteiger partial charge in [0.1, 0.15) is 31.5 Å². The summed E-state index contributed by atoms with van der Waals surface area (Å²) < 4.78 is 48.4. The zero-order chi connectivity index (χ0) is 29.4. The lowest BCUT2D eigenvalue weighted by Crippen LogP contribution is -2.46. The third-order valence-electron chi connectivity index (χ3n) is 6.65. The Balaban J connectivity index is 1.92. The third kappa shape index (κ3) is 12.7. The summed E-state index contributed by atoms with van der Waals surface area (Å²) in [5, 5.41) is 9.50. The molecule has 0 amide bonds. The second-order valence-electron chi connectivity index (χ2n) is 9.80. The quantitative estimate of drug-likeness (QED) is 0.0883. The number of carboxylic acid groups (broad SMARTS) is 1. The van der Waals surface area contributed by atoms with Gasteiger partial charge in [-0.2, -0.15) is 0 Å². The Morgan fingerprint density at radius 1 is 0.875 bits per heavy atom. The van der Waals surface area contributed by atoms with E-state index in [1.807, 2.05) is 6.92 Å². The van der Waals surface area contributed by atoms with Crippen molar-refractivity contribution in [2.45, 2.75) is 102 Å². The van der Waals surface area contributed by atoms with Gasteiger partial charge in [-0.1, -0.05) is 26.2 Å². The molecule has 3 N–H and O–H groups in total. The van der Waals surface area contributed by atoms with Crippen LogP contribution in [0.15, 0.2) is 4.76 Å². The summed E-state index contributed by atoms with van der Waals surface area (Å²) in [7, 11) is -2.95. The molecule has 2 rings (SSSR count). The van der Waals surface area contributed by atoms with Crippen LogP contribution in [-0.2, 0) is 37.4 Å². The zero-order valence-corrected chi connectivity index (χ0v) is 24.4. The monoisotopic (exact) mass is 593 g/mol. The zero-order valence-electron chi connectivity index (χ0n) is 23.5. The van der Waals surface area contributed by atoms with E-state index in [-0.39, 0.29) is 51.0 Å². The van der Waals surface area contributed by atoms with Gasteiger partial charge >= 0.3 is 26.0 Å². The summed E-state index contributed by atoms with van der Waals surface area (Å²) in [4.78, 5) is 36.7. The maximum absolute atomic E-state index is 13.4. The maximum atomic E-state index is 13.4. The van der Waals surface area contributed by atoms with Gasteiger partial charge in [0.2, 0.25) is 5.96 Å². The van der Waals surface area contributed by atoms with Gasteiger partial charge in [-0.25, -0.2) is 18.9 Å². The molecule has 1 atom stereocenters. The lowest BCUT2D eigenvalue weighted by atomic mass is 9.98.